The Bertz CT molecular complexity index is 1870. The number of allylic oxidation sites excluding steroid dienone is 6. The van der Waals surface area contributed by atoms with Gasteiger partial charge in [0.2, 0.25) is 0 Å². The Kier molecular flexibility index (Phi) is 5.75. The minimum Gasteiger partial charge on any atom is -0.135 e. The average molecular weight is 507 g/mol. The van der Waals surface area contributed by atoms with E-state index in [1.807, 2.05) is 11.3 Å². The maximum atomic E-state index is 2.49. The van der Waals surface area contributed by atoms with Gasteiger partial charge in [-0.25, -0.2) is 0 Å². The minimum absolute atomic E-state index is 0.425. The Labute approximate surface area is 228 Å². The first-order valence-corrected chi connectivity index (χ1v) is 14.4. The molecule has 1 aliphatic rings. The van der Waals surface area contributed by atoms with Crippen molar-refractivity contribution in [3.8, 4) is 11.1 Å². The first-order chi connectivity index (χ1) is 18.7. The van der Waals surface area contributed by atoms with Crippen molar-refractivity contribution in [2.45, 2.75) is 20.3 Å². The van der Waals surface area contributed by atoms with Crippen LogP contribution in [0.5, 0.6) is 0 Å². The van der Waals surface area contributed by atoms with Crippen LogP contribution in [-0.2, 0) is 0 Å². The number of benzene rings is 5. The van der Waals surface area contributed by atoms with Crippen LogP contribution in [0.3, 0.4) is 0 Å². The van der Waals surface area contributed by atoms with Gasteiger partial charge in [-0.05, 0) is 63.6 Å². The lowest BCUT2D eigenvalue weighted by molar-refractivity contribution is 0.534. The lowest BCUT2D eigenvalue weighted by atomic mass is 9.82. The van der Waals surface area contributed by atoms with Crippen molar-refractivity contribution in [3.63, 3.8) is 0 Å². The lowest BCUT2D eigenvalue weighted by Crippen LogP contribution is -2.09. The van der Waals surface area contributed by atoms with Crippen molar-refractivity contribution >= 4 is 58.6 Å². The Morgan fingerprint density at radius 3 is 2.00 bits per heavy atom. The molecule has 0 saturated heterocycles. The van der Waals surface area contributed by atoms with Crippen LogP contribution in [0.25, 0.3) is 58.4 Å². The van der Waals surface area contributed by atoms with E-state index in [-0.39, 0.29) is 0 Å². The molecular weight excluding hydrogens is 476 g/mol. The molecule has 0 spiro atoms. The molecule has 5 aromatic carbocycles. The second kappa shape index (κ2) is 9.42. The molecule has 1 heterocycles. The Morgan fingerprint density at radius 2 is 1.29 bits per heavy atom. The molecule has 184 valence electrons. The van der Waals surface area contributed by atoms with Crippen LogP contribution in [0.15, 0.2) is 121 Å². The van der Waals surface area contributed by atoms with E-state index in [9.17, 15) is 0 Å². The molecule has 7 rings (SSSR count). The van der Waals surface area contributed by atoms with Crippen molar-refractivity contribution in [2.75, 3.05) is 0 Å². The third-order valence-electron chi connectivity index (χ3n) is 8.21. The van der Waals surface area contributed by atoms with Gasteiger partial charge in [-0.15, -0.1) is 11.3 Å². The van der Waals surface area contributed by atoms with Crippen molar-refractivity contribution in [1.29, 1.82) is 0 Å². The number of hydrogen-bond acceptors (Lipinski definition) is 1. The zero-order chi connectivity index (χ0) is 25.6. The lowest BCUT2D eigenvalue weighted by Gasteiger charge is -2.22. The molecular formula is C37H30S. The predicted octanol–water partition coefficient (Wildman–Crippen LogP) is 11.2. The molecule has 0 nitrogen and oxygen atoms in total. The SMILES string of the molecule is CCC1C=CC=CC1/C=C(\C)c1c2ccccc2c(-c2cccc3c2sc2ccccc23)c2ccccc12. The molecule has 0 amide bonds. The third-order valence-corrected chi connectivity index (χ3v) is 9.43. The van der Waals surface area contributed by atoms with E-state index in [1.165, 1.54) is 64.0 Å². The third kappa shape index (κ3) is 3.65. The number of rotatable bonds is 4. The van der Waals surface area contributed by atoms with E-state index in [0.29, 0.717) is 11.8 Å². The molecule has 1 aromatic heterocycles. The average Bonchev–Trinajstić information content (AvgIpc) is 3.35. The highest BCUT2D eigenvalue weighted by Crippen LogP contribution is 2.46. The largest absolute Gasteiger partial charge is 0.135 e. The fourth-order valence-corrected chi connectivity index (χ4v) is 7.64. The van der Waals surface area contributed by atoms with E-state index in [1.54, 1.807) is 0 Å². The smallest absolute Gasteiger partial charge is 0.0434 e. The van der Waals surface area contributed by atoms with E-state index < -0.39 is 0 Å². The maximum Gasteiger partial charge on any atom is 0.0434 e. The second-order valence-electron chi connectivity index (χ2n) is 10.4. The van der Waals surface area contributed by atoms with Crippen LogP contribution in [0.4, 0.5) is 0 Å². The van der Waals surface area contributed by atoms with Crippen molar-refractivity contribution < 1.29 is 0 Å². The zero-order valence-electron chi connectivity index (χ0n) is 21.8. The first kappa shape index (κ1) is 23.2. The van der Waals surface area contributed by atoms with Gasteiger partial charge >= 0.3 is 0 Å². The Balaban J connectivity index is 1.55. The quantitative estimate of drug-likeness (QED) is 0.209. The van der Waals surface area contributed by atoms with Gasteiger partial charge in [0.25, 0.3) is 0 Å². The summed E-state index contributed by atoms with van der Waals surface area (Å²) in [5, 5.41) is 8.00. The topological polar surface area (TPSA) is 0 Å². The van der Waals surface area contributed by atoms with E-state index in [2.05, 4.69) is 135 Å². The van der Waals surface area contributed by atoms with Gasteiger partial charge in [0, 0.05) is 31.7 Å². The maximum absolute atomic E-state index is 2.49. The van der Waals surface area contributed by atoms with Gasteiger partial charge in [0.15, 0.2) is 0 Å². The minimum atomic E-state index is 0.425. The Morgan fingerprint density at radius 1 is 0.684 bits per heavy atom. The van der Waals surface area contributed by atoms with Crippen molar-refractivity contribution in [1.82, 2.24) is 0 Å². The van der Waals surface area contributed by atoms with Crippen LogP contribution in [-0.4, -0.2) is 0 Å². The number of hydrogen-bond donors (Lipinski definition) is 0. The summed E-state index contributed by atoms with van der Waals surface area (Å²) in [4.78, 5) is 0. The monoisotopic (exact) mass is 506 g/mol. The molecule has 0 fully saturated rings. The summed E-state index contributed by atoms with van der Waals surface area (Å²) in [5.41, 5.74) is 5.39. The van der Waals surface area contributed by atoms with Gasteiger partial charge in [-0.1, -0.05) is 122 Å². The number of fused-ring (bicyclic) bond motifs is 5. The van der Waals surface area contributed by atoms with Gasteiger partial charge in [0.1, 0.15) is 0 Å². The van der Waals surface area contributed by atoms with E-state index in [4.69, 9.17) is 0 Å². The molecule has 0 aliphatic heterocycles. The highest BCUT2D eigenvalue weighted by molar-refractivity contribution is 7.26. The summed E-state index contributed by atoms with van der Waals surface area (Å²) in [6.45, 7) is 4.60. The van der Waals surface area contributed by atoms with Crippen LogP contribution in [0.1, 0.15) is 25.8 Å². The van der Waals surface area contributed by atoms with Crippen LogP contribution in [0.2, 0.25) is 0 Å². The molecule has 38 heavy (non-hydrogen) atoms. The van der Waals surface area contributed by atoms with Crippen LogP contribution < -0.4 is 0 Å². The molecule has 0 bridgehead atoms. The van der Waals surface area contributed by atoms with Crippen LogP contribution in [0, 0.1) is 11.8 Å². The van der Waals surface area contributed by atoms with Gasteiger partial charge in [-0.2, -0.15) is 0 Å². The molecule has 0 radical (unpaired) electrons. The highest BCUT2D eigenvalue weighted by atomic mass is 32.1. The van der Waals surface area contributed by atoms with Crippen molar-refractivity contribution in [3.05, 3.63) is 127 Å². The normalized spacial score (nSPS) is 17.8. The molecule has 2 atom stereocenters. The summed E-state index contributed by atoms with van der Waals surface area (Å²) in [6, 6.07) is 33.6. The van der Waals surface area contributed by atoms with Gasteiger partial charge in [-0.3, -0.25) is 0 Å². The van der Waals surface area contributed by atoms with E-state index in [0.717, 1.165) is 6.42 Å². The highest BCUT2D eigenvalue weighted by Gasteiger charge is 2.20. The zero-order valence-corrected chi connectivity index (χ0v) is 22.6. The fourth-order valence-electron chi connectivity index (χ4n) is 6.42. The molecule has 0 N–H and O–H groups in total. The van der Waals surface area contributed by atoms with Gasteiger partial charge < -0.3 is 0 Å². The van der Waals surface area contributed by atoms with E-state index >= 15 is 0 Å². The summed E-state index contributed by atoms with van der Waals surface area (Å²) < 4.78 is 2.72. The van der Waals surface area contributed by atoms with Gasteiger partial charge in [0.05, 0.1) is 0 Å². The summed E-state index contributed by atoms with van der Waals surface area (Å²) in [5.74, 6) is 0.979. The summed E-state index contributed by atoms with van der Waals surface area (Å²) >= 11 is 1.91. The molecule has 2 unspecified atom stereocenters. The summed E-state index contributed by atoms with van der Waals surface area (Å²) in [6.07, 6.45) is 12.8. The molecule has 0 saturated carbocycles. The number of thiophene rings is 1. The molecule has 6 aromatic rings. The Hall–Kier alpha value is -3.94. The van der Waals surface area contributed by atoms with Crippen LogP contribution >= 0.6 is 11.3 Å². The molecule has 1 aliphatic carbocycles. The predicted molar refractivity (Wildman–Crippen MR) is 169 cm³/mol. The molecule has 1 heteroatoms. The summed E-state index contributed by atoms with van der Waals surface area (Å²) in [7, 11) is 0. The first-order valence-electron chi connectivity index (χ1n) is 13.6. The fraction of sp³-hybridized carbons (Fsp3) is 0.135. The van der Waals surface area contributed by atoms with Crippen molar-refractivity contribution in [2.24, 2.45) is 11.8 Å². The second-order valence-corrected chi connectivity index (χ2v) is 11.4. The standard InChI is InChI=1S/C37H30S/c1-3-25-13-4-5-14-26(25)23-24(2)35-28-16-6-8-18-30(28)36(31-19-9-7-17-29(31)35)33-21-12-20-32-27-15-10-11-22-34(27)38-37(32)33/h4-23,25-26H,3H2,1-2H3/b24-23+.